The summed E-state index contributed by atoms with van der Waals surface area (Å²) < 4.78 is 5.70. The molecule has 0 spiro atoms. The second-order valence-corrected chi connectivity index (χ2v) is 8.78. The first kappa shape index (κ1) is 21.8. The number of nitrogens with zero attached hydrogens (tertiary/aromatic N) is 2. The Morgan fingerprint density at radius 2 is 2.24 bits per heavy atom. The normalized spacial score (nSPS) is 21.2. The number of hydrogen-bond acceptors (Lipinski definition) is 6. The zero-order valence-electron chi connectivity index (χ0n) is 16.5. The van der Waals surface area contributed by atoms with Crippen LogP contribution >= 0.6 is 24.0 Å². The van der Waals surface area contributed by atoms with Crippen LogP contribution in [0, 0.1) is 0 Å². The van der Waals surface area contributed by atoms with Crippen LogP contribution in [0.15, 0.2) is 29.2 Å². The Hall–Kier alpha value is -1.90. The predicted molar refractivity (Wildman–Crippen MR) is 119 cm³/mol. The van der Waals surface area contributed by atoms with Crippen LogP contribution < -0.4 is 4.74 Å². The number of thiocarbonyl (C=S) groups is 1. The fourth-order valence-electron chi connectivity index (χ4n) is 3.70. The molecule has 0 bridgehead atoms. The third-order valence-electron chi connectivity index (χ3n) is 5.22. The molecule has 156 valence electrons. The lowest BCUT2D eigenvalue weighted by Crippen LogP contribution is -2.45. The molecule has 2 saturated heterocycles. The van der Waals surface area contributed by atoms with Crippen LogP contribution in [-0.4, -0.2) is 63.9 Å². The Morgan fingerprint density at radius 3 is 3.00 bits per heavy atom. The number of thioether (sulfide) groups is 1. The van der Waals surface area contributed by atoms with Gasteiger partial charge in [0.15, 0.2) is 0 Å². The van der Waals surface area contributed by atoms with E-state index in [-0.39, 0.29) is 37.4 Å². The molecule has 1 atom stereocenters. The average molecular weight is 435 g/mol. The second-order valence-electron chi connectivity index (χ2n) is 7.11. The predicted octanol–water partition coefficient (Wildman–Crippen LogP) is 3.05. The number of likely N-dealkylation sites (tertiary alicyclic amines) is 1. The van der Waals surface area contributed by atoms with E-state index >= 15 is 0 Å². The molecule has 2 heterocycles. The first-order valence-electron chi connectivity index (χ1n) is 9.83. The Morgan fingerprint density at radius 1 is 1.41 bits per heavy atom. The molecule has 6 nitrogen and oxygen atoms in total. The number of benzene rings is 1. The van der Waals surface area contributed by atoms with Crippen LogP contribution in [0.5, 0.6) is 5.75 Å². The molecule has 0 saturated carbocycles. The summed E-state index contributed by atoms with van der Waals surface area (Å²) in [6.45, 7) is 1.08. The lowest BCUT2D eigenvalue weighted by Gasteiger charge is -2.36. The van der Waals surface area contributed by atoms with Crippen molar-refractivity contribution < 1.29 is 19.4 Å². The molecule has 8 heteroatoms. The van der Waals surface area contributed by atoms with Crippen molar-refractivity contribution in [1.82, 2.24) is 9.80 Å². The largest absolute Gasteiger partial charge is 0.497 e. The van der Waals surface area contributed by atoms with E-state index in [2.05, 4.69) is 0 Å². The zero-order valence-corrected chi connectivity index (χ0v) is 18.1. The van der Waals surface area contributed by atoms with Crippen LogP contribution in [0.1, 0.15) is 37.7 Å². The molecule has 2 fully saturated rings. The van der Waals surface area contributed by atoms with Crippen molar-refractivity contribution in [2.24, 2.45) is 0 Å². The highest BCUT2D eigenvalue weighted by atomic mass is 32.2. The summed E-state index contributed by atoms with van der Waals surface area (Å²) in [5.74, 6) is 0.578. The molecule has 0 aromatic heterocycles. The molecule has 1 aromatic carbocycles. The molecule has 1 N–H and O–H groups in total. The number of carbonyl (C=O) groups excluding carboxylic acids is 2. The fraction of sp³-hybridized carbons (Fsp3) is 0.476. The molecule has 0 aliphatic carbocycles. The quantitative estimate of drug-likeness (QED) is 0.525. The van der Waals surface area contributed by atoms with Gasteiger partial charge in [-0.1, -0.05) is 36.1 Å². The van der Waals surface area contributed by atoms with Crippen LogP contribution in [0.4, 0.5) is 0 Å². The van der Waals surface area contributed by atoms with Gasteiger partial charge in [-0.25, -0.2) is 0 Å². The molecule has 1 aromatic rings. The number of rotatable bonds is 7. The molecule has 2 aliphatic rings. The monoisotopic (exact) mass is 434 g/mol. The molecule has 0 unspecified atom stereocenters. The fourth-order valence-corrected chi connectivity index (χ4v) is 5.01. The van der Waals surface area contributed by atoms with E-state index in [9.17, 15) is 14.7 Å². The Bertz CT molecular complexity index is 810. The van der Waals surface area contributed by atoms with E-state index in [1.165, 1.54) is 16.7 Å². The molecule has 2 aliphatic heterocycles. The van der Waals surface area contributed by atoms with Gasteiger partial charge in [-0.2, -0.15) is 0 Å². The topological polar surface area (TPSA) is 70.1 Å². The molecule has 0 radical (unpaired) electrons. The third kappa shape index (κ3) is 5.38. The van der Waals surface area contributed by atoms with Gasteiger partial charge in [-0.3, -0.25) is 14.5 Å². The van der Waals surface area contributed by atoms with Gasteiger partial charge in [0.05, 0.1) is 12.0 Å². The van der Waals surface area contributed by atoms with Crippen molar-refractivity contribution in [1.29, 1.82) is 0 Å². The van der Waals surface area contributed by atoms with E-state index in [1.807, 2.05) is 29.2 Å². The van der Waals surface area contributed by atoms with E-state index < -0.39 is 0 Å². The van der Waals surface area contributed by atoms with Gasteiger partial charge in [-0.15, -0.1) is 0 Å². The molecule has 29 heavy (non-hydrogen) atoms. The summed E-state index contributed by atoms with van der Waals surface area (Å²) in [5.41, 5.74) is 0.862. The van der Waals surface area contributed by atoms with E-state index in [4.69, 9.17) is 17.0 Å². The van der Waals surface area contributed by atoms with Crippen LogP contribution in [0.2, 0.25) is 0 Å². The Kier molecular flexibility index (Phi) is 7.69. The summed E-state index contributed by atoms with van der Waals surface area (Å²) in [6.07, 6.45) is 5.63. The summed E-state index contributed by atoms with van der Waals surface area (Å²) in [6, 6.07) is 7.56. The number of aliphatic hydroxyl groups is 1. The Labute approximate surface area is 180 Å². The van der Waals surface area contributed by atoms with Gasteiger partial charge in [0.1, 0.15) is 10.1 Å². The molecular formula is C21H26N2O4S2. The highest BCUT2D eigenvalue weighted by molar-refractivity contribution is 8.26. The van der Waals surface area contributed by atoms with Gasteiger partial charge in [-0.05, 0) is 49.5 Å². The Balaban J connectivity index is 1.62. The molecule has 2 amide bonds. The lowest BCUT2D eigenvalue weighted by molar-refractivity contribution is -0.135. The first-order valence-corrected chi connectivity index (χ1v) is 11.1. The van der Waals surface area contributed by atoms with Gasteiger partial charge < -0.3 is 14.7 Å². The zero-order chi connectivity index (χ0) is 20.8. The minimum absolute atomic E-state index is 0.0222. The second kappa shape index (κ2) is 10.2. The van der Waals surface area contributed by atoms with E-state index in [0.29, 0.717) is 15.6 Å². The SMILES string of the molecule is COc1cccc(/C=C2\SC(=S)N(CCC(=O)N3CCCC[C@H]3CCO)C2=O)c1. The van der Waals surface area contributed by atoms with Crippen molar-refractivity contribution in [2.75, 3.05) is 26.8 Å². The standard InChI is InChI=1S/C21H26N2O4S2/c1-27-17-7-4-5-15(13-17)14-18-20(26)23(21(28)29-18)11-8-19(25)22-10-3-2-6-16(22)9-12-24/h4-5,7,13-14,16,24H,2-3,6,8-12H2,1H3/b18-14-/t16-/m0/s1. The number of carbonyl (C=O) groups is 2. The van der Waals surface area contributed by atoms with Crippen LogP contribution in [-0.2, 0) is 9.59 Å². The smallest absolute Gasteiger partial charge is 0.266 e. The average Bonchev–Trinajstić information content (AvgIpc) is 2.99. The maximum Gasteiger partial charge on any atom is 0.266 e. The number of aliphatic hydroxyl groups excluding tert-OH is 1. The summed E-state index contributed by atoms with van der Waals surface area (Å²) >= 11 is 6.63. The van der Waals surface area contributed by atoms with Gasteiger partial charge >= 0.3 is 0 Å². The minimum Gasteiger partial charge on any atom is -0.497 e. The summed E-state index contributed by atoms with van der Waals surface area (Å²) in [4.78, 5) is 29.4. The number of ether oxygens (including phenoxy) is 1. The first-order chi connectivity index (χ1) is 14.0. The number of amides is 2. The summed E-state index contributed by atoms with van der Waals surface area (Å²) in [7, 11) is 1.60. The number of hydrogen-bond donors (Lipinski definition) is 1. The van der Waals surface area contributed by atoms with Crippen molar-refractivity contribution in [3.63, 3.8) is 0 Å². The molecular weight excluding hydrogens is 408 g/mol. The van der Waals surface area contributed by atoms with Gasteiger partial charge in [0, 0.05) is 32.2 Å². The maximum absolute atomic E-state index is 12.8. The highest BCUT2D eigenvalue weighted by Gasteiger charge is 2.33. The van der Waals surface area contributed by atoms with Crippen molar-refractivity contribution in [3.05, 3.63) is 34.7 Å². The minimum atomic E-state index is -0.166. The third-order valence-corrected chi connectivity index (χ3v) is 6.60. The van der Waals surface area contributed by atoms with Crippen LogP contribution in [0.25, 0.3) is 6.08 Å². The van der Waals surface area contributed by atoms with Crippen LogP contribution in [0.3, 0.4) is 0 Å². The molecule has 3 rings (SSSR count). The van der Waals surface area contributed by atoms with Crippen molar-refractivity contribution in [3.8, 4) is 5.75 Å². The van der Waals surface area contributed by atoms with Crippen molar-refractivity contribution in [2.45, 2.75) is 38.1 Å². The lowest BCUT2D eigenvalue weighted by atomic mass is 9.99. The van der Waals surface area contributed by atoms with E-state index in [1.54, 1.807) is 13.2 Å². The summed E-state index contributed by atoms with van der Waals surface area (Å²) in [5, 5.41) is 9.25. The van der Waals surface area contributed by atoms with Crippen molar-refractivity contribution >= 4 is 46.2 Å². The number of methoxy groups -OCH3 is 1. The van der Waals surface area contributed by atoms with Gasteiger partial charge in [0.2, 0.25) is 5.91 Å². The highest BCUT2D eigenvalue weighted by Crippen LogP contribution is 2.33. The van der Waals surface area contributed by atoms with E-state index in [0.717, 1.165) is 37.1 Å². The van der Waals surface area contributed by atoms with Gasteiger partial charge in [0.25, 0.3) is 5.91 Å². The number of piperidine rings is 1. The maximum atomic E-state index is 12.8.